The number of hydrogen-bond acceptors (Lipinski definition) is 4. The Morgan fingerprint density at radius 1 is 1.16 bits per heavy atom. The summed E-state index contributed by atoms with van der Waals surface area (Å²) < 4.78 is 13.4. The summed E-state index contributed by atoms with van der Waals surface area (Å²) >= 11 is 0. The fourth-order valence-corrected chi connectivity index (χ4v) is 4.18. The minimum atomic E-state index is -0.726. The number of carbonyl (C=O) groups is 2. The molecule has 1 aliphatic rings. The number of rotatable bonds is 9. The van der Waals surface area contributed by atoms with Crippen molar-refractivity contribution in [2.45, 2.75) is 64.1 Å². The van der Waals surface area contributed by atoms with Crippen molar-refractivity contribution in [3.8, 4) is 0 Å². The Bertz CT molecular complexity index is 958. The molecule has 2 aromatic rings. The first-order valence-corrected chi connectivity index (χ1v) is 11.0. The van der Waals surface area contributed by atoms with E-state index in [4.69, 9.17) is 0 Å². The lowest BCUT2D eigenvalue weighted by molar-refractivity contribution is -0.385. The van der Waals surface area contributed by atoms with Gasteiger partial charge in [-0.05, 0) is 37.0 Å². The smallest absolute Gasteiger partial charge is 0.273 e. The predicted molar refractivity (Wildman–Crippen MR) is 118 cm³/mol. The lowest BCUT2D eigenvalue weighted by Gasteiger charge is -2.31. The van der Waals surface area contributed by atoms with E-state index in [1.165, 1.54) is 23.1 Å². The highest BCUT2D eigenvalue weighted by atomic mass is 19.1. The molecule has 0 saturated heterocycles. The van der Waals surface area contributed by atoms with Crippen molar-refractivity contribution in [1.29, 1.82) is 0 Å². The maximum Gasteiger partial charge on any atom is 0.273 e. The normalized spacial score (nSPS) is 14.7. The van der Waals surface area contributed by atoms with E-state index in [1.807, 2.05) is 6.92 Å². The number of carbonyl (C=O) groups excluding carboxylic acids is 2. The van der Waals surface area contributed by atoms with Crippen LogP contribution in [-0.2, 0) is 22.6 Å². The van der Waals surface area contributed by atoms with Gasteiger partial charge in [0.1, 0.15) is 11.9 Å². The van der Waals surface area contributed by atoms with Gasteiger partial charge in [0.15, 0.2) is 0 Å². The summed E-state index contributed by atoms with van der Waals surface area (Å²) in [5, 5.41) is 14.4. The molecule has 0 unspecified atom stereocenters. The summed E-state index contributed by atoms with van der Waals surface area (Å²) in [6.07, 6.45) is 4.16. The molecule has 170 valence electrons. The average Bonchev–Trinajstić information content (AvgIpc) is 3.28. The molecular weight excluding hydrogens is 413 g/mol. The van der Waals surface area contributed by atoms with Gasteiger partial charge in [0.05, 0.1) is 11.3 Å². The minimum absolute atomic E-state index is 0.106. The molecule has 1 aliphatic carbocycles. The van der Waals surface area contributed by atoms with E-state index in [0.29, 0.717) is 12.0 Å². The monoisotopic (exact) mass is 441 g/mol. The molecule has 2 aromatic carbocycles. The topological polar surface area (TPSA) is 92.6 Å². The number of halogens is 1. The molecule has 0 spiro atoms. The van der Waals surface area contributed by atoms with Gasteiger partial charge in [-0.15, -0.1) is 0 Å². The molecule has 0 radical (unpaired) electrons. The van der Waals surface area contributed by atoms with E-state index >= 15 is 0 Å². The zero-order valence-corrected chi connectivity index (χ0v) is 18.1. The van der Waals surface area contributed by atoms with Crippen molar-refractivity contribution in [2.75, 3.05) is 0 Å². The zero-order valence-electron chi connectivity index (χ0n) is 18.1. The van der Waals surface area contributed by atoms with Crippen LogP contribution in [0.25, 0.3) is 0 Å². The number of para-hydroxylation sites is 1. The highest BCUT2D eigenvalue weighted by molar-refractivity contribution is 5.89. The van der Waals surface area contributed by atoms with E-state index in [-0.39, 0.29) is 36.2 Å². The molecule has 0 bridgehead atoms. The van der Waals surface area contributed by atoms with Gasteiger partial charge in [-0.3, -0.25) is 19.7 Å². The van der Waals surface area contributed by atoms with Gasteiger partial charge in [-0.1, -0.05) is 50.1 Å². The fraction of sp³-hybridized carbons (Fsp3) is 0.417. The largest absolute Gasteiger partial charge is 0.352 e. The van der Waals surface area contributed by atoms with Crippen LogP contribution < -0.4 is 5.32 Å². The zero-order chi connectivity index (χ0) is 23.1. The van der Waals surface area contributed by atoms with Crippen molar-refractivity contribution >= 4 is 17.5 Å². The maximum absolute atomic E-state index is 13.4. The first-order chi connectivity index (χ1) is 15.4. The Balaban J connectivity index is 1.86. The summed E-state index contributed by atoms with van der Waals surface area (Å²) in [5.74, 6) is -1.01. The second-order valence-corrected chi connectivity index (χ2v) is 8.12. The van der Waals surface area contributed by atoms with Crippen LogP contribution in [0.15, 0.2) is 48.5 Å². The number of nitro groups is 1. The Labute approximate surface area is 186 Å². The first kappa shape index (κ1) is 23.4. The predicted octanol–water partition coefficient (Wildman–Crippen LogP) is 4.14. The second kappa shape index (κ2) is 10.8. The molecule has 2 amide bonds. The van der Waals surface area contributed by atoms with Crippen molar-refractivity contribution in [2.24, 2.45) is 0 Å². The SMILES string of the molecule is CC[C@@H](C(=O)NC1CCCC1)N(Cc1ccc(F)cc1)C(=O)Cc1ccccc1[N+](=O)[O-]. The standard InChI is InChI=1S/C24H28FN3O4/c1-2-21(24(30)26-20-8-4-5-9-20)27(16-17-11-13-19(25)14-12-17)23(29)15-18-7-3-6-10-22(18)28(31)32/h3,6-7,10-14,20-21H,2,4-5,8-9,15-16H2,1H3,(H,26,30)/t21-/m0/s1. The first-order valence-electron chi connectivity index (χ1n) is 11.0. The summed E-state index contributed by atoms with van der Waals surface area (Å²) in [6, 6.07) is 11.2. The average molecular weight is 442 g/mol. The van der Waals surface area contributed by atoms with Crippen LogP contribution in [-0.4, -0.2) is 33.7 Å². The van der Waals surface area contributed by atoms with E-state index in [0.717, 1.165) is 25.7 Å². The third-order valence-electron chi connectivity index (χ3n) is 5.88. The summed E-state index contributed by atoms with van der Waals surface area (Å²) in [4.78, 5) is 38.7. The molecule has 1 saturated carbocycles. The molecule has 8 heteroatoms. The van der Waals surface area contributed by atoms with Crippen LogP contribution in [0.2, 0.25) is 0 Å². The highest BCUT2D eigenvalue weighted by Gasteiger charge is 2.31. The highest BCUT2D eigenvalue weighted by Crippen LogP contribution is 2.22. The number of amides is 2. The van der Waals surface area contributed by atoms with E-state index in [9.17, 15) is 24.1 Å². The van der Waals surface area contributed by atoms with Gasteiger partial charge >= 0.3 is 0 Å². The van der Waals surface area contributed by atoms with E-state index in [2.05, 4.69) is 5.32 Å². The van der Waals surface area contributed by atoms with Crippen molar-refractivity contribution in [1.82, 2.24) is 10.2 Å². The Morgan fingerprint density at radius 3 is 2.44 bits per heavy atom. The summed E-state index contributed by atoms with van der Waals surface area (Å²) in [7, 11) is 0. The van der Waals surface area contributed by atoms with Crippen LogP contribution in [0.5, 0.6) is 0 Å². The van der Waals surface area contributed by atoms with Crippen LogP contribution >= 0.6 is 0 Å². The molecule has 32 heavy (non-hydrogen) atoms. The quantitative estimate of drug-likeness (QED) is 0.468. The van der Waals surface area contributed by atoms with E-state index < -0.39 is 22.7 Å². The van der Waals surface area contributed by atoms with Crippen LogP contribution in [0.4, 0.5) is 10.1 Å². The molecule has 1 N–H and O–H groups in total. The lowest BCUT2D eigenvalue weighted by atomic mass is 10.0. The molecule has 1 fully saturated rings. The number of hydrogen-bond donors (Lipinski definition) is 1. The van der Waals surface area contributed by atoms with Gasteiger partial charge in [-0.25, -0.2) is 4.39 Å². The number of benzene rings is 2. The molecular formula is C24H28FN3O4. The lowest BCUT2D eigenvalue weighted by Crippen LogP contribution is -2.51. The van der Waals surface area contributed by atoms with Crippen LogP contribution in [0, 0.1) is 15.9 Å². The number of nitrogens with zero attached hydrogens (tertiary/aromatic N) is 2. The van der Waals surface area contributed by atoms with Gasteiger partial charge in [0, 0.05) is 24.2 Å². The van der Waals surface area contributed by atoms with Crippen molar-refractivity contribution in [3.63, 3.8) is 0 Å². The van der Waals surface area contributed by atoms with Gasteiger partial charge in [0.2, 0.25) is 11.8 Å². The Hall–Kier alpha value is -3.29. The Kier molecular flexibility index (Phi) is 7.92. The van der Waals surface area contributed by atoms with E-state index in [1.54, 1.807) is 30.3 Å². The van der Waals surface area contributed by atoms with Crippen LogP contribution in [0.3, 0.4) is 0 Å². The third kappa shape index (κ3) is 5.90. The molecule has 0 aliphatic heterocycles. The Morgan fingerprint density at radius 2 is 1.81 bits per heavy atom. The van der Waals surface area contributed by atoms with Crippen molar-refractivity contribution in [3.05, 3.63) is 75.6 Å². The second-order valence-electron chi connectivity index (χ2n) is 8.12. The van der Waals surface area contributed by atoms with Crippen molar-refractivity contribution < 1.29 is 18.9 Å². The summed E-state index contributed by atoms with van der Waals surface area (Å²) in [5.41, 5.74) is 0.832. The molecule has 3 rings (SSSR count). The molecule has 0 aromatic heterocycles. The summed E-state index contributed by atoms with van der Waals surface area (Å²) in [6.45, 7) is 1.94. The molecule has 1 atom stereocenters. The van der Waals surface area contributed by atoms with Gasteiger partial charge in [0.25, 0.3) is 5.69 Å². The van der Waals surface area contributed by atoms with Gasteiger partial charge in [-0.2, -0.15) is 0 Å². The molecule has 7 nitrogen and oxygen atoms in total. The van der Waals surface area contributed by atoms with Gasteiger partial charge < -0.3 is 10.2 Å². The third-order valence-corrected chi connectivity index (χ3v) is 5.88. The number of nitro benzene ring substituents is 1. The maximum atomic E-state index is 13.4. The fourth-order valence-electron chi connectivity index (χ4n) is 4.18. The number of nitrogens with one attached hydrogen (secondary N) is 1. The minimum Gasteiger partial charge on any atom is -0.352 e. The molecule has 0 heterocycles. The van der Waals surface area contributed by atoms with Crippen LogP contribution in [0.1, 0.15) is 50.2 Å².